The average molecular weight is 127 g/mol. The summed E-state index contributed by atoms with van der Waals surface area (Å²) in [5, 5.41) is 2.82. The molecule has 0 saturated heterocycles. The van der Waals surface area contributed by atoms with E-state index in [1.54, 1.807) is 18.4 Å². The first-order valence-corrected chi connectivity index (χ1v) is 2.72. The molecule has 8 heavy (non-hydrogen) atoms. The van der Waals surface area contributed by atoms with Gasteiger partial charge in [-0.05, 0) is 12.3 Å². The van der Waals surface area contributed by atoms with E-state index in [-0.39, 0.29) is 0 Å². The van der Waals surface area contributed by atoms with Crippen LogP contribution in [-0.2, 0) is 0 Å². The topological polar surface area (TPSA) is 12.0 Å². The largest absolute Gasteiger partial charge is 0.394 e. The van der Waals surface area contributed by atoms with Crippen LogP contribution in [0.1, 0.15) is 0 Å². The van der Waals surface area contributed by atoms with Crippen LogP contribution in [0.5, 0.6) is 0 Å². The number of nitrogens with one attached hydrogen (secondary N) is 1. The van der Waals surface area contributed by atoms with Crippen molar-refractivity contribution in [1.29, 1.82) is 0 Å². The fourth-order valence-electron chi connectivity index (χ4n) is 0.234. The molecule has 0 heterocycles. The highest BCUT2D eigenvalue weighted by Crippen LogP contribution is 1.78. The first-order valence-electron chi connectivity index (χ1n) is 2.31. The van der Waals surface area contributed by atoms with Crippen molar-refractivity contribution >= 4 is 17.1 Å². The maximum atomic E-state index is 4.78. The van der Waals surface area contributed by atoms with Crippen LogP contribution in [0.4, 0.5) is 0 Å². The van der Waals surface area contributed by atoms with E-state index in [0.717, 1.165) is 4.86 Å². The smallest absolute Gasteiger partial charge is 0.0385 e. The minimum absolute atomic E-state index is 0.749. The summed E-state index contributed by atoms with van der Waals surface area (Å²) in [7, 11) is 1.82. The molecule has 0 aromatic heterocycles. The Morgan fingerprint density at radius 2 is 2.38 bits per heavy atom. The number of allylic oxidation sites excluding steroid dienone is 2. The fraction of sp³-hybridized carbons (Fsp3) is 0.167. The SMILES string of the molecule is C=CC(=S)C=CNC. The van der Waals surface area contributed by atoms with Gasteiger partial charge in [-0.2, -0.15) is 0 Å². The van der Waals surface area contributed by atoms with Gasteiger partial charge in [0, 0.05) is 11.9 Å². The van der Waals surface area contributed by atoms with Crippen molar-refractivity contribution in [3.63, 3.8) is 0 Å². The third-order valence-electron chi connectivity index (χ3n) is 0.615. The second-order valence-corrected chi connectivity index (χ2v) is 1.70. The van der Waals surface area contributed by atoms with Crippen LogP contribution in [0.25, 0.3) is 0 Å². The van der Waals surface area contributed by atoms with Crippen LogP contribution in [-0.4, -0.2) is 11.9 Å². The van der Waals surface area contributed by atoms with Crippen molar-refractivity contribution in [2.24, 2.45) is 0 Å². The van der Waals surface area contributed by atoms with Gasteiger partial charge in [-0.25, -0.2) is 0 Å². The second kappa shape index (κ2) is 4.53. The molecule has 0 unspecified atom stereocenters. The van der Waals surface area contributed by atoms with Crippen LogP contribution in [0.2, 0.25) is 0 Å². The molecule has 1 nitrogen and oxygen atoms in total. The van der Waals surface area contributed by atoms with E-state index in [0.29, 0.717) is 0 Å². The van der Waals surface area contributed by atoms with E-state index in [4.69, 9.17) is 12.2 Å². The normalized spacial score (nSPS) is 9.12. The zero-order valence-electron chi connectivity index (χ0n) is 4.85. The second-order valence-electron chi connectivity index (χ2n) is 1.23. The van der Waals surface area contributed by atoms with E-state index in [1.165, 1.54) is 0 Å². The third kappa shape index (κ3) is 3.56. The molecule has 0 aliphatic heterocycles. The van der Waals surface area contributed by atoms with Crippen molar-refractivity contribution in [3.05, 3.63) is 24.9 Å². The Labute approximate surface area is 55.1 Å². The van der Waals surface area contributed by atoms with Gasteiger partial charge < -0.3 is 5.32 Å². The molecular weight excluding hydrogens is 118 g/mol. The highest BCUT2D eigenvalue weighted by Gasteiger charge is 1.74. The Morgan fingerprint density at radius 3 is 2.75 bits per heavy atom. The maximum absolute atomic E-state index is 4.78. The highest BCUT2D eigenvalue weighted by atomic mass is 32.1. The van der Waals surface area contributed by atoms with Gasteiger partial charge in [0.25, 0.3) is 0 Å². The summed E-state index contributed by atoms with van der Waals surface area (Å²) >= 11 is 4.78. The average Bonchev–Trinajstić information content (AvgIpc) is 1.83. The van der Waals surface area contributed by atoms with E-state index in [9.17, 15) is 0 Å². The predicted molar refractivity (Wildman–Crippen MR) is 41.0 cm³/mol. The molecule has 0 bridgehead atoms. The summed E-state index contributed by atoms with van der Waals surface area (Å²) in [4.78, 5) is 0.749. The summed E-state index contributed by atoms with van der Waals surface area (Å²) in [6, 6.07) is 0. The number of hydrogen-bond donors (Lipinski definition) is 1. The van der Waals surface area contributed by atoms with Crippen molar-refractivity contribution in [3.8, 4) is 0 Å². The van der Waals surface area contributed by atoms with Gasteiger partial charge in [-0.1, -0.05) is 24.9 Å². The van der Waals surface area contributed by atoms with Crippen LogP contribution in [0, 0.1) is 0 Å². The van der Waals surface area contributed by atoms with E-state index >= 15 is 0 Å². The van der Waals surface area contributed by atoms with Gasteiger partial charge in [0.1, 0.15) is 0 Å². The van der Waals surface area contributed by atoms with Crippen LogP contribution in [0.15, 0.2) is 24.9 Å². The molecule has 0 aliphatic rings. The molecule has 0 saturated carbocycles. The molecule has 0 spiro atoms. The van der Waals surface area contributed by atoms with Gasteiger partial charge in [0.05, 0.1) is 0 Å². The Morgan fingerprint density at radius 1 is 1.75 bits per heavy atom. The quantitative estimate of drug-likeness (QED) is 0.452. The van der Waals surface area contributed by atoms with Crippen molar-refractivity contribution < 1.29 is 0 Å². The summed E-state index contributed by atoms with van der Waals surface area (Å²) in [5.74, 6) is 0. The zero-order valence-corrected chi connectivity index (χ0v) is 5.66. The van der Waals surface area contributed by atoms with Crippen molar-refractivity contribution in [1.82, 2.24) is 5.32 Å². The van der Waals surface area contributed by atoms with Crippen molar-refractivity contribution in [2.45, 2.75) is 0 Å². The van der Waals surface area contributed by atoms with Crippen LogP contribution in [0.3, 0.4) is 0 Å². The Hall–Kier alpha value is -0.630. The predicted octanol–water partition coefficient (Wildman–Crippen LogP) is 1.28. The summed E-state index contributed by atoms with van der Waals surface area (Å²) < 4.78 is 0. The molecule has 0 atom stereocenters. The minimum Gasteiger partial charge on any atom is -0.394 e. The number of rotatable bonds is 3. The van der Waals surface area contributed by atoms with Gasteiger partial charge in [0.15, 0.2) is 0 Å². The Kier molecular flexibility index (Phi) is 4.17. The van der Waals surface area contributed by atoms with E-state index < -0.39 is 0 Å². The molecule has 1 N–H and O–H groups in total. The minimum atomic E-state index is 0.749. The third-order valence-corrected chi connectivity index (χ3v) is 0.918. The number of hydrogen-bond acceptors (Lipinski definition) is 2. The fourth-order valence-corrected chi connectivity index (χ4v) is 0.302. The summed E-state index contributed by atoms with van der Waals surface area (Å²) in [6.45, 7) is 3.49. The van der Waals surface area contributed by atoms with Gasteiger partial charge >= 0.3 is 0 Å². The number of thiocarbonyl (C=S) groups is 1. The Bertz CT molecular complexity index is 116. The summed E-state index contributed by atoms with van der Waals surface area (Å²) in [5.41, 5.74) is 0. The standard InChI is InChI=1S/C6H9NS/c1-3-6(8)4-5-7-2/h3-5,7H,1H2,2H3. The molecule has 0 fully saturated rings. The first kappa shape index (κ1) is 7.37. The van der Waals surface area contributed by atoms with Crippen molar-refractivity contribution in [2.75, 3.05) is 7.05 Å². The lowest BCUT2D eigenvalue weighted by Gasteiger charge is -1.83. The van der Waals surface area contributed by atoms with Gasteiger partial charge in [0.2, 0.25) is 0 Å². The van der Waals surface area contributed by atoms with Gasteiger partial charge in [-0.15, -0.1) is 0 Å². The highest BCUT2D eigenvalue weighted by molar-refractivity contribution is 7.81. The maximum Gasteiger partial charge on any atom is 0.0385 e. The molecular formula is C6H9NS. The molecule has 0 aromatic carbocycles. The first-order chi connectivity index (χ1) is 3.81. The zero-order chi connectivity index (χ0) is 6.41. The lowest BCUT2D eigenvalue weighted by molar-refractivity contribution is 1.11. The Balaban J connectivity index is 3.52. The van der Waals surface area contributed by atoms with Crippen LogP contribution >= 0.6 is 12.2 Å². The lowest BCUT2D eigenvalue weighted by Crippen LogP contribution is -1.93. The molecule has 0 rings (SSSR count). The molecule has 2 heteroatoms. The van der Waals surface area contributed by atoms with E-state index in [2.05, 4.69) is 11.9 Å². The molecule has 0 aliphatic carbocycles. The molecule has 44 valence electrons. The van der Waals surface area contributed by atoms with Gasteiger partial charge in [-0.3, -0.25) is 0 Å². The molecule has 0 aromatic rings. The molecule has 0 radical (unpaired) electrons. The van der Waals surface area contributed by atoms with Crippen LogP contribution < -0.4 is 5.32 Å². The lowest BCUT2D eigenvalue weighted by atomic mass is 10.4. The summed E-state index contributed by atoms with van der Waals surface area (Å²) in [6.07, 6.45) is 5.18. The monoisotopic (exact) mass is 127 g/mol. The molecule has 0 amide bonds. The van der Waals surface area contributed by atoms with E-state index in [1.807, 2.05) is 7.05 Å².